The number of imidazole rings is 1. The molecule has 13 heavy (non-hydrogen) atoms. The number of nitrogens with zero attached hydrogens (tertiary/aromatic N) is 4. The molecule has 2 aromatic rings. The fourth-order valence-corrected chi connectivity index (χ4v) is 1.70. The lowest BCUT2D eigenvalue weighted by Gasteiger charge is -1.91. The molecule has 0 atom stereocenters. The second kappa shape index (κ2) is 2.81. The lowest BCUT2D eigenvalue weighted by atomic mass is 10.5. The molecule has 0 radical (unpaired) electrons. The van der Waals surface area contributed by atoms with Crippen LogP contribution in [0.1, 0.15) is 11.5 Å². The number of hydrogen-bond acceptors (Lipinski definition) is 3. The Bertz CT molecular complexity index is 455. The Kier molecular flexibility index (Phi) is 1.88. The van der Waals surface area contributed by atoms with Crippen LogP contribution in [-0.2, 0) is 13.6 Å². The van der Waals surface area contributed by atoms with Crippen molar-refractivity contribution < 1.29 is 0 Å². The normalized spacial score (nSPS) is 11.4. The van der Waals surface area contributed by atoms with Gasteiger partial charge in [-0.15, -0.1) is 0 Å². The topological polar surface area (TPSA) is 61.1 Å². The zero-order chi connectivity index (χ0) is 9.59. The third kappa shape index (κ3) is 1.09. The summed E-state index contributed by atoms with van der Waals surface area (Å²) in [6, 6.07) is 0. The largest absolute Gasteiger partial charge is 0.325 e. The Morgan fingerprint density at radius 2 is 2.23 bits per heavy atom. The van der Waals surface area contributed by atoms with Crippen molar-refractivity contribution in [2.75, 3.05) is 0 Å². The zero-order valence-corrected chi connectivity index (χ0v) is 9.04. The van der Waals surface area contributed by atoms with Crippen LogP contribution in [0.3, 0.4) is 0 Å². The van der Waals surface area contributed by atoms with Crippen molar-refractivity contribution in [2.45, 2.75) is 13.5 Å². The van der Waals surface area contributed by atoms with E-state index in [1.807, 2.05) is 18.5 Å². The number of aromatic nitrogens is 4. The van der Waals surface area contributed by atoms with Crippen molar-refractivity contribution in [1.29, 1.82) is 0 Å². The van der Waals surface area contributed by atoms with Crippen LogP contribution in [0, 0.1) is 6.92 Å². The maximum Gasteiger partial charge on any atom is 0.233 e. The monoisotopic (exact) mass is 243 g/mol. The average Bonchev–Trinajstić information content (AvgIpc) is 2.56. The lowest BCUT2D eigenvalue weighted by Crippen LogP contribution is -1.99. The second-order valence-corrected chi connectivity index (χ2v) is 3.62. The maximum atomic E-state index is 5.52. The van der Waals surface area contributed by atoms with Gasteiger partial charge in [-0.25, -0.2) is 4.98 Å². The van der Waals surface area contributed by atoms with Crippen LogP contribution in [0.15, 0.2) is 4.60 Å². The Morgan fingerprint density at radius 3 is 2.77 bits per heavy atom. The van der Waals surface area contributed by atoms with Crippen LogP contribution in [0.5, 0.6) is 0 Å². The minimum atomic E-state index is 0.420. The van der Waals surface area contributed by atoms with Crippen LogP contribution >= 0.6 is 15.9 Å². The van der Waals surface area contributed by atoms with E-state index in [1.54, 1.807) is 4.52 Å². The first-order chi connectivity index (χ1) is 6.15. The smallest absolute Gasteiger partial charge is 0.233 e. The summed E-state index contributed by atoms with van der Waals surface area (Å²) in [4.78, 5) is 4.34. The molecule has 70 valence electrons. The van der Waals surface area contributed by atoms with Crippen molar-refractivity contribution in [3.63, 3.8) is 0 Å². The molecule has 0 saturated carbocycles. The molecule has 0 unspecified atom stereocenters. The predicted octanol–water partition coefficient (Wildman–Crippen LogP) is 0.597. The second-order valence-electron chi connectivity index (χ2n) is 2.87. The molecule has 0 aromatic carbocycles. The van der Waals surface area contributed by atoms with E-state index < -0.39 is 0 Å². The molecular formula is C7H10BrN5. The summed E-state index contributed by atoms with van der Waals surface area (Å²) in [6.45, 7) is 2.35. The molecule has 0 amide bonds. The molecular weight excluding hydrogens is 234 g/mol. The third-order valence-corrected chi connectivity index (χ3v) is 2.87. The first-order valence-corrected chi connectivity index (χ1v) is 4.71. The third-order valence-electron chi connectivity index (χ3n) is 2.07. The van der Waals surface area contributed by atoms with Crippen molar-refractivity contribution in [1.82, 2.24) is 19.2 Å². The molecule has 2 aromatic heterocycles. The quantitative estimate of drug-likeness (QED) is 0.798. The van der Waals surface area contributed by atoms with Crippen LogP contribution in [-0.4, -0.2) is 19.2 Å². The van der Waals surface area contributed by atoms with Gasteiger partial charge in [0.05, 0.1) is 5.69 Å². The predicted molar refractivity (Wildman–Crippen MR) is 52.3 cm³/mol. The van der Waals surface area contributed by atoms with Crippen LogP contribution in [0.2, 0.25) is 0 Å². The summed E-state index contributed by atoms with van der Waals surface area (Å²) in [5.74, 6) is 1.73. The van der Waals surface area contributed by atoms with E-state index in [2.05, 4.69) is 26.0 Å². The molecule has 2 heterocycles. The standard InChI is InChI=1S/C7H10BrN5/c1-4-11-13-6(8)5(3-9)10-7(13)12(4)2/h3,9H2,1-2H3. The molecule has 0 aliphatic carbocycles. The molecule has 0 aliphatic rings. The Hall–Kier alpha value is -0.880. The highest BCUT2D eigenvalue weighted by atomic mass is 79.9. The van der Waals surface area contributed by atoms with Crippen molar-refractivity contribution in [3.05, 3.63) is 16.1 Å². The summed E-state index contributed by atoms with van der Waals surface area (Å²) in [5, 5.41) is 4.30. The Labute approximate surface area is 83.7 Å². The van der Waals surface area contributed by atoms with E-state index in [9.17, 15) is 0 Å². The molecule has 5 nitrogen and oxygen atoms in total. The van der Waals surface area contributed by atoms with E-state index in [1.165, 1.54) is 0 Å². The van der Waals surface area contributed by atoms with Gasteiger partial charge in [0.2, 0.25) is 5.78 Å². The SMILES string of the molecule is Cc1nn2c(Br)c(CN)nc2n1C. The van der Waals surface area contributed by atoms with Gasteiger partial charge in [-0.2, -0.15) is 9.61 Å². The summed E-state index contributed by atoms with van der Waals surface area (Å²) in [6.07, 6.45) is 0. The molecule has 0 fully saturated rings. The molecule has 2 rings (SSSR count). The number of fused-ring (bicyclic) bond motifs is 1. The number of halogens is 1. The first kappa shape index (κ1) is 8.71. The maximum absolute atomic E-state index is 5.52. The van der Waals surface area contributed by atoms with Gasteiger partial charge in [0.25, 0.3) is 0 Å². The lowest BCUT2D eigenvalue weighted by molar-refractivity contribution is 0.850. The summed E-state index contributed by atoms with van der Waals surface area (Å²) < 4.78 is 4.51. The number of rotatable bonds is 1. The fraction of sp³-hybridized carbons (Fsp3) is 0.429. The van der Waals surface area contributed by atoms with Crippen LogP contribution in [0.25, 0.3) is 5.78 Å². The summed E-state index contributed by atoms with van der Waals surface area (Å²) in [7, 11) is 1.93. The van der Waals surface area contributed by atoms with Gasteiger partial charge < -0.3 is 10.3 Å². The summed E-state index contributed by atoms with van der Waals surface area (Å²) in [5.41, 5.74) is 6.35. The zero-order valence-electron chi connectivity index (χ0n) is 7.45. The van der Waals surface area contributed by atoms with Gasteiger partial charge in [-0.05, 0) is 22.9 Å². The molecule has 2 N–H and O–H groups in total. The van der Waals surface area contributed by atoms with Gasteiger partial charge in [0.15, 0.2) is 0 Å². The van der Waals surface area contributed by atoms with Crippen LogP contribution < -0.4 is 5.73 Å². The van der Waals surface area contributed by atoms with Gasteiger partial charge in [-0.1, -0.05) is 0 Å². The van der Waals surface area contributed by atoms with Crippen molar-refractivity contribution in [3.8, 4) is 0 Å². The Balaban J connectivity index is 2.81. The summed E-state index contributed by atoms with van der Waals surface area (Å²) >= 11 is 3.40. The molecule has 0 bridgehead atoms. The average molecular weight is 244 g/mol. The first-order valence-electron chi connectivity index (χ1n) is 3.91. The van der Waals surface area contributed by atoms with E-state index >= 15 is 0 Å². The van der Waals surface area contributed by atoms with Crippen molar-refractivity contribution in [2.24, 2.45) is 12.8 Å². The van der Waals surface area contributed by atoms with Gasteiger partial charge >= 0.3 is 0 Å². The van der Waals surface area contributed by atoms with Gasteiger partial charge in [0, 0.05) is 13.6 Å². The van der Waals surface area contributed by atoms with E-state index in [-0.39, 0.29) is 0 Å². The minimum absolute atomic E-state index is 0.420. The molecule has 0 saturated heterocycles. The van der Waals surface area contributed by atoms with Gasteiger partial charge in [0.1, 0.15) is 10.4 Å². The highest BCUT2D eigenvalue weighted by molar-refractivity contribution is 9.10. The molecule has 0 aliphatic heterocycles. The van der Waals surface area contributed by atoms with Gasteiger partial charge in [-0.3, -0.25) is 0 Å². The highest BCUT2D eigenvalue weighted by Gasteiger charge is 2.13. The number of aryl methyl sites for hydroxylation is 2. The van der Waals surface area contributed by atoms with Crippen LogP contribution in [0.4, 0.5) is 0 Å². The fourth-order valence-electron chi connectivity index (χ4n) is 1.22. The van der Waals surface area contributed by atoms with E-state index in [4.69, 9.17) is 5.73 Å². The number of nitrogens with two attached hydrogens (primary N) is 1. The molecule has 6 heteroatoms. The van der Waals surface area contributed by atoms with Crippen molar-refractivity contribution >= 4 is 21.7 Å². The minimum Gasteiger partial charge on any atom is -0.325 e. The molecule has 0 spiro atoms. The highest BCUT2D eigenvalue weighted by Crippen LogP contribution is 2.18. The van der Waals surface area contributed by atoms with E-state index in [0.29, 0.717) is 6.54 Å². The Morgan fingerprint density at radius 1 is 1.54 bits per heavy atom. The van der Waals surface area contributed by atoms with E-state index in [0.717, 1.165) is 21.9 Å². The number of hydrogen-bond donors (Lipinski definition) is 1.